The van der Waals surface area contributed by atoms with Crippen molar-refractivity contribution >= 4 is 38.6 Å². The Morgan fingerprint density at radius 2 is 1.85 bits per heavy atom. The average Bonchev–Trinajstić information content (AvgIpc) is 3.27. The molecule has 0 saturated carbocycles. The number of aromatic amines is 1. The number of para-hydroxylation sites is 1. The normalized spacial score (nSPS) is 19.2. The van der Waals surface area contributed by atoms with Gasteiger partial charge in [0.2, 0.25) is 0 Å². The number of hydrogen-bond donors (Lipinski definition) is 4. The minimum absolute atomic E-state index is 0.102. The fraction of sp³-hybridized carbons (Fsp3) is 0.360. The number of hydrogen-bond acceptors (Lipinski definition) is 4. The highest BCUT2D eigenvalue weighted by Crippen LogP contribution is 2.29. The van der Waals surface area contributed by atoms with Crippen molar-refractivity contribution in [1.82, 2.24) is 15.2 Å². The monoisotopic (exact) mass is 513 g/mol. The first-order chi connectivity index (χ1) is 15.8. The standard InChI is InChI=1S/C25H28BrN3O4/c1-15(16-8-10-19(26)11-9-16)27-24(32)22(30)23(31)25(33)29-12-4-6-18(14-29)21-13-17-5-2-3-7-20(17)28-21/h2-3,5,7-11,13,15,18,22-23,28,30-31H,4,6,12,14H2,1H3,(H,27,32). The topological polar surface area (TPSA) is 106 Å². The summed E-state index contributed by atoms with van der Waals surface area (Å²) in [5, 5.41) is 24.6. The predicted molar refractivity (Wildman–Crippen MR) is 130 cm³/mol. The average molecular weight is 514 g/mol. The molecule has 174 valence electrons. The number of likely N-dealkylation sites (tertiary alicyclic amines) is 1. The number of nitrogens with one attached hydrogen (secondary N) is 2. The van der Waals surface area contributed by atoms with Gasteiger partial charge in [0.05, 0.1) is 6.04 Å². The largest absolute Gasteiger partial charge is 0.380 e. The summed E-state index contributed by atoms with van der Waals surface area (Å²) in [6.07, 6.45) is -1.96. The maximum absolute atomic E-state index is 12.9. The van der Waals surface area contributed by atoms with Crippen LogP contribution < -0.4 is 5.32 Å². The van der Waals surface area contributed by atoms with E-state index in [0.717, 1.165) is 39.5 Å². The molecule has 1 saturated heterocycles. The van der Waals surface area contributed by atoms with Gasteiger partial charge in [-0.2, -0.15) is 0 Å². The Kier molecular flexibility index (Phi) is 7.17. The number of aliphatic hydroxyl groups is 2. The summed E-state index contributed by atoms with van der Waals surface area (Å²) < 4.78 is 0.915. The molecule has 1 fully saturated rings. The van der Waals surface area contributed by atoms with Gasteiger partial charge >= 0.3 is 0 Å². The molecule has 4 N–H and O–H groups in total. The molecule has 4 rings (SSSR count). The smallest absolute Gasteiger partial charge is 0.254 e. The van der Waals surface area contributed by atoms with Crippen LogP contribution in [0.5, 0.6) is 0 Å². The van der Waals surface area contributed by atoms with Gasteiger partial charge in [0.1, 0.15) is 0 Å². The van der Waals surface area contributed by atoms with Crippen LogP contribution in [0.1, 0.15) is 43.0 Å². The molecule has 1 aromatic heterocycles. The molecule has 7 nitrogen and oxygen atoms in total. The Morgan fingerprint density at radius 1 is 1.12 bits per heavy atom. The van der Waals surface area contributed by atoms with Crippen LogP contribution in [0.25, 0.3) is 10.9 Å². The number of piperidine rings is 1. The highest BCUT2D eigenvalue weighted by Gasteiger charge is 2.36. The van der Waals surface area contributed by atoms with Crippen molar-refractivity contribution < 1.29 is 19.8 Å². The molecule has 33 heavy (non-hydrogen) atoms. The number of carbonyl (C=O) groups excluding carboxylic acids is 2. The van der Waals surface area contributed by atoms with E-state index >= 15 is 0 Å². The van der Waals surface area contributed by atoms with Crippen LogP contribution in [0, 0.1) is 0 Å². The number of amides is 2. The lowest BCUT2D eigenvalue weighted by Crippen LogP contribution is -2.52. The molecular formula is C25H28BrN3O4. The number of nitrogens with zero attached hydrogens (tertiary/aromatic N) is 1. The number of rotatable bonds is 6. The maximum Gasteiger partial charge on any atom is 0.254 e. The first-order valence-electron chi connectivity index (χ1n) is 11.1. The van der Waals surface area contributed by atoms with E-state index < -0.39 is 24.0 Å². The van der Waals surface area contributed by atoms with Crippen molar-refractivity contribution in [3.63, 3.8) is 0 Å². The summed E-state index contributed by atoms with van der Waals surface area (Å²) >= 11 is 3.36. The molecule has 3 aromatic rings. The zero-order chi connectivity index (χ0) is 23.5. The zero-order valence-corrected chi connectivity index (χ0v) is 20.0. The van der Waals surface area contributed by atoms with Gasteiger partial charge < -0.3 is 25.4 Å². The molecule has 2 aromatic carbocycles. The minimum Gasteiger partial charge on any atom is -0.380 e. The second kappa shape index (κ2) is 10.1. The van der Waals surface area contributed by atoms with Gasteiger partial charge in [0.15, 0.2) is 12.2 Å². The Bertz CT molecular complexity index is 1100. The van der Waals surface area contributed by atoms with Crippen molar-refractivity contribution in [3.8, 4) is 0 Å². The van der Waals surface area contributed by atoms with Crippen molar-refractivity contribution in [2.45, 2.75) is 43.9 Å². The number of aromatic nitrogens is 1. The number of fused-ring (bicyclic) bond motifs is 1. The van der Waals surface area contributed by atoms with E-state index in [4.69, 9.17) is 0 Å². The zero-order valence-electron chi connectivity index (χ0n) is 18.4. The Morgan fingerprint density at radius 3 is 2.58 bits per heavy atom. The molecule has 0 radical (unpaired) electrons. The summed E-state index contributed by atoms with van der Waals surface area (Å²) in [4.78, 5) is 30.4. The summed E-state index contributed by atoms with van der Waals surface area (Å²) in [7, 11) is 0. The lowest BCUT2D eigenvalue weighted by molar-refractivity contribution is -0.154. The Hall–Kier alpha value is -2.68. The number of carbonyl (C=O) groups is 2. The number of benzene rings is 2. The van der Waals surface area contributed by atoms with E-state index in [9.17, 15) is 19.8 Å². The van der Waals surface area contributed by atoms with Crippen LogP contribution in [-0.4, -0.2) is 57.2 Å². The van der Waals surface area contributed by atoms with Crippen molar-refractivity contribution in [1.29, 1.82) is 0 Å². The summed E-state index contributed by atoms with van der Waals surface area (Å²) in [6.45, 7) is 2.68. The highest BCUT2D eigenvalue weighted by molar-refractivity contribution is 9.10. The molecule has 2 amide bonds. The van der Waals surface area contributed by atoms with E-state index in [1.807, 2.05) is 48.5 Å². The fourth-order valence-corrected chi connectivity index (χ4v) is 4.61. The van der Waals surface area contributed by atoms with Gasteiger partial charge in [-0.3, -0.25) is 9.59 Å². The SMILES string of the molecule is CC(NC(=O)C(O)C(O)C(=O)N1CCCC(c2cc3ccccc3[nH]2)C1)c1ccc(Br)cc1. The van der Waals surface area contributed by atoms with Crippen LogP contribution in [0.3, 0.4) is 0 Å². The van der Waals surface area contributed by atoms with Gasteiger partial charge in [-0.15, -0.1) is 0 Å². The predicted octanol–water partition coefficient (Wildman–Crippen LogP) is 3.24. The van der Waals surface area contributed by atoms with E-state index in [1.165, 1.54) is 0 Å². The molecule has 1 aliphatic heterocycles. The second-order valence-corrected chi connectivity index (χ2v) is 9.52. The summed E-state index contributed by atoms with van der Waals surface area (Å²) in [5.74, 6) is -1.31. The third-order valence-corrected chi connectivity index (χ3v) is 6.80. The highest BCUT2D eigenvalue weighted by atomic mass is 79.9. The van der Waals surface area contributed by atoms with Crippen LogP contribution in [0.2, 0.25) is 0 Å². The molecule has 8 heteroatoms. The van der Waals surface area contributed by atoms with Crippen LogP contribution in [0.4, 0.5) is 0 Å². The van der Waals surface area contributed by atoms with Crippen LogP contribution in [0.15, 0.2) is 59.1 Å². The molecule has 0 bridgehead atoms. The fourth-order valence-electron chi connectivity index (χ4n) is 4.35. The van der Waals surface area contributed by atoms with E-state index in [0.29, 0.717) is 13.1 Å². The number of aliphatic hydroxyl groups excluding tert-OH is 2. The molecule has 0 aliphatic carbocycles. The summed E-state index contributed by atoms with van der Waals surface area (Å²) in [5.41, 5.74) is 2.93. The number of halogens is 1. The van der Waals surface area contributed by atoms with Gasteiger partial charge in [-0.25, -0.2) is 0 Å². The van der Waals surface area contributed by atoms with Gasteiger partial charge in [0, 0.05) is 34.7 Å². The van der Waals surface area contributed by atoms with E-state index in [2.05, 4.69) is 32.3 Å². The number of H-pyrrole nitrogens is 1. The van der Waals surface area contributed by atoms with Crippen molar-refractivity contribution in [2.75, 3.05) is 13.1 Å². The minimum atomic E-state index is -1.84. The summed E-state index contributed by atoms with van der Waals surface area (Å²) in [6, 6.07) is 17.1. The third-order valence-electron chi connectivity index (χ3n) is 6.27. The quantitative estimate of drug-likeness (QED) is 0.406. The third kappa shape index (κ3) is 5.29. The van der Waals surface area contributed by atoms with Gasteiger partial charge in [0.25, 0.3) is 11.8 Å². The lowest BCUT2D eigenvalue weighted by atomic mass is 9.94. The second-order valence-electron chi connectivity index (χ2n) is 8.61. The Labute approximate surface area is 200 Å². The molecular weight excluding hydrogens is 486 g/mol. The van der Waals surface area contributed by atoms with E-state index in [1.54, 1.807) is 11.8 Å². The maximum atomic E-state index is 12.9. The van der Waals surface area contributed by atoms with E-state index in [-0.39, 0.29) is 12.0 Å². The van der Waals surface area contributed by atoms with Gasteiger partial charge in [-0.05, 0) is 55.0 Å². The lowest BCUT2D eigenvalue weighted by Gasteiger charge is -2.34. The first-order valence-corrected chi connectivity index (χ1v) is 11.9. The van der Waals surface area contributed by atoms with Gasteiger partial charge in [-0.1, -0.05) is 46.3 Å². The molecule has 4 atom stereocenters. The van der Waals surface area contributed by atoms with Crippen molar-refractivity contribution in [3.05, 3.63) is 70.3 Å². The van der Waals surface area contributed by atoms with Crippen LogP contribution in [-0.2, 0) is 9.59 Å². The molecule has 0 spiro atoms. The first kappa shape index (κ1) is 23.5. The Balaban J connectivity index is 1.37. The van der Waals surface area contributed by atoms with Crippen molar-refractivity contribution in [2.24, 2.45) is 0 Å². The molecule has 1 aliphatic rings. The van der Waals surface area contributed by atoms with Crippen LogP contribution >= 0.6 is 15.9 Å². The molecule has 4 unspecified atom stereocenters. The molecule has 2 heterocycles.